The van der Waals surface area contributed by atoms with Crippen molar-refractivity contribution in [2.75, 3.05) is 13.7 Å². The minimum Gasteiger partial charge on any atom is -0.504 e. The van der Waals surface area contributed by atoms with Gasteiger partial charge in [-0.2, -0.15) is 0 Å². The Bertz CT molecular complexity index is 905. The zero-order valence-corrected chi connectivity index (χ0v) is 19.4. The van der Waals surface area contributed by atoms with E-state index in [2.05, 4.69) is 46.0 Å². The lowest BCUT2D eigenvalue weighted by Crippen LogP contribution is -2.78. The van der Waals surface area contributed by atoms with Crippen molar-refractivity contribution in [1.29, 1.82) is 0 Å². The van der Waals surface area contributed by atoms with Gasteiger partial charge in [0.25, 0.3) is 0 Å². The van der Waals surface area contributed by atoms with Gasteiger partial charge in [-0.15, -0.1) is 0 Å². The maximum atomic E-state index is 11.9. The molecule has 30 heavy (non-hydrogen) atoms. The third-order valence-electron chi connectivity index (χ3n) is 9.95. The van der Waals surface area contributed by atoms with Crippen molar-refractivity contribution in [3.05, 3.63) is 23.3 Å². The summed E-state index contributed by atoms with van der Waals surface area (Å²) in [6.45, 7) is 13.7. The van der Waals surface area contributed by atoms with Crippen LogP contribution in [0.15, 0.2) is 12.1 Å². The number of aromatic hydroxyl groups is 1. The average Bonchev–Trinajstić information content (AvgIpc) is 3.01. The average molecular weight is 416 g/mol. The van der Waals surface area contributed by atoms with Crippen molar-refractivity contribution in [3.8, 4) is 11.5 Å². The van der Waals surface area contributed by atoms with E-state index in [4.69, 9.17) is 9.47 Å². The predicted octanol–water partition coefficient (Wildman–Crippen LogP) is 3.54. The van der Waals surface area contributed by atoms with Crippen molar-refractivity contribution in [3.63, 3.8) is 0 Å². The molecule has 2 aliphatic heterocycles. The normalized spacial score (nSPS) is 43.5. The molecule has 2 heterocycles. The van der Waals surface area contributed by atoms with Crippen LogP contribution in [0.2, 0.25) is 0 Å². The van der Waals surface area contributed by atoms with Crippen LogP contribution in [0.5, 0.6) is 11.5 Å². The number of phenols is 1. The van der Waals surface area contributed by atoms with Gasteiger partial charge in [0.05, 0.1) is 5.60 Å². The van der Waals surface area contributed by atoms with E-state index in [-0.39, 0.29) is 34.0 Å². The highest BCUT2D eigenvalue weighted by molar-refractivity contribution is 5.62. The number of benzene rings is 1. The minimum atomic E-state index is -0.961. The number of aliphatic hydroxyl groups is 1. The Morgan fingerprint density at radius 2 is 1.90 bits per heavy atom. The molecule has 3 N–H and O–H groups in total. The molecule has 5 nitrogen and oxygen atoms in total. The molecule has 0 amide bonds. The van der Waals surface area contributed by atoms with Gasteiger partial charge in [0, 0.05) is 30.0 Å². The Hall–Kier alpha value is -1.30. The molecule has 0 radical (unpaired) electrons. The number of hydrogen-bond acceptors (Lipinski definition) is 5. The highest BCUT2D eigenvalue weighted by Crippen LogP contribution is 2.72. The van der Waals surface area contributed by atoms with Crippen LogP contribution in [0.4, 0.5) is 0 Å². The second-order valence-corrected chi connectivity index (χ2v) is 11.8. The van der Waals surface area contributed by atoms with Gasteiger partial charge in [-0.3, -0.25) is 0 Å². The first-order valence-corrected chi connectivity index (χ1v) is 11.4. The molecule has 4 aliphatic rings. The molecule has 2 fully saturated rings. The molecule has 1 aromatic carbocycles. The predicted molar refractivity (Wildman–Crippen MR) is 116 cm³/mol. The summed E-state index contributed by atoms with van der Waals surface area (Å²) >= 11 is 0. The molecule has 1 saturated carbocycles. The molecule has 7 atom stereocenters. The van der Waals surface area contributed by atoms with Crippen molar-refractivity contribution in [2.24, 2.45) is 16.7 Å². The van der Waals surface area contributed by atoms with Gasteiger partial charge < -0.3 is 25.0 Å². The van der Waals surface area contributed by atoms with Gasteiger partial charge in [0.2, 0.25) is 0 Å². The Kier molecular flexibility index (Phi) is 3.93. The molecule has 1 spiro atoms. The van der Waals surface area contributed by atoms with Crippen molar-refractivity contribution in [1.82, 2.24) is 5.32 Å². The Balaban J connectivity index is 1.80. The minimum absolute atomic E-state index is 0.111. The fourth-order valence-electron chi connectivity index (χ4n) is 7.63. The summed E-state index contributed by atoms with van der Waals surface area (Å²) in [4.78, 5) is 0. The molecule has 2 bridgehead atoms. The Morgan fingerprint density at radius 3 is 2.53 bits per heavy atom. The lowest BCUT2D eigenvalue weighted by atomic mass is 9.39. The quantitative estimate of drug-likeness (QED) is 0.689. The van der Waals surface area contributed by atoms with Crippen LogP contribution < -0.4 is 10.1 Å². The fraction of sp³-hybridized carbons (Fsp3) is 0.760. The number of ether oxygens (including phenoxy) is 2. The van der Waals surface area contributed by atoms with Crippen LogP contribution in [0.3, 0.4) is 0 Å². The molecule has 5 heteroatoms. The third kappa shape index (κ3) is 2.05. The van der Waals surface area contributed by atoms with Crippen molar-refractivity contribution >= 4 is 0 Å². The van der Waals surface area contributed by atoms with Gasteiger partial charge in [-0.1, -0.05) is 33.8 Å². The Labute approximate surface area is 180 Å². The van der Waals surface area contributed by atoms with E-state index in [1.165, 1.54) is 11.1 Å². The van der Waals surface area contributed by atoms with E-state index in [0.29, 0.717) is 11.8 Å². The van der Waals surface area contributed by atoms with Crippen molar-refractivity contribution < 1.29 is 19.7 Å². The van der Waals surface area contributed by atoms with Crippen LogP contribution >= 0.6 is 0 Å². The summed E-state index contributed by atoms with van der Waals surface area (Å²) in [6.07, 6.45) is 2.44. The lowest BCUT2D eigenvalue weighted by Gasteiger charge is -2.69. The highest BCUT2D eigenvalue weighted by atomic mass is 16.6. The molecule has 2 aliphatic carbocycles. The number of hydrogen-bond donors (Lipinski definition) is 3. The standard InChI is InChI=1S/C25H37NO4/c1-21(2,3)24(6,28)16-13-22(4)17-12-14-8-9-15(27)19-18(14)25(22,10-11-26-17)20(30-19)23(16,5)29-7/h8-9,16-17,20,26-28H,10-13H2,1-7H3/t16-,17+,20-,22+,23+,24?,25?/m0/s1. The van der Waals surface area contributed by atoms with Crippen LogP contribution in [-0.2, 0) is 16.6 Å². The fourth-order valence-corrected chi connectivity index (χ4v) is 7.63. The third-order valence-corrected chi connectivity index (χ3v) is 9.95. The van der Waals surface area contributed by atoms with Crippen molar-refractivity contribution in [2.45, 2.75) is 89.6 Å². The summed E-state index contributed by atoms with van der Waals surface area (Å²) in [6, 6.07) is 4.15. The summed E-state index contributed by atoms with van der Waals surface area (Å²) < 4.78 is 13.0. The van der Waals surface area contributed by atoms with E-state index in [0.717, 1.165) is 25.8 Å². The van der Waals surface area contributed by atoms with E-state index in [1.54, 1.807) is 13.2 Å². The molecule has 1 saturated heterocycles. The molecule has 1 aromatic rings. The van der Waals surface area contributed by atoms with E-state index in [9.17, 15) is 10.2 Å². The van der Waals surface area contributed by atoms with Gasteiger partial charge in [0.15, 0.2) is 11.5 Å². The zero-order chi connectivity index (χ0) is 21.9. The second-order valence-electron chi connectivity index (χ2n) is 11.8. The zero-order valence-electron chi connectivity index (χ0n) is 19.4. The number of piperidine rings is 1. The monoisotopic (exact) mass is 415 g/mol. The summed E-state index contributed by atoms with van der Waals surface area (Å²) in [5, 5.41) is 26.5. The highest BCUT2D eigenvalue weighted by Gasteiger charge is 2.76. The van der Waals surface area contributed by atoms with Crippen LogP contribution in [0.1, 0.15) is 65.5 Å². The maximum Gasteiger partial charge on any atom is 0.165 e. The van der Waals surface area contributed by atoms with Crippen LogP contribution in [0, 0.1) is 16.7 Å². The molecule has 0 aromatic heterocycles. The first kappa shape index (κ1) is 20.6. The van der Waals surface area contributed by atoms with Gasteiger partial charge in [0.1, 0.15) is 11.7 Å². The molecule has 2 unspecified atom stereocenters. The second kappa shape index (κ2) is 5.73. The molecular weight excluding hydrogens is 378 g/mol. The SMILES string of the molecule is CO[C@]1(C)[C@@H](C(C)(O)C(C)(C)C)C[C@]2(C)[C@H]3Cc4ccc(O)c5c4C2(CCN3)[C@H]1O5. The molecular formula is C25H37NO4. The largest absolute Gasteiger partial charge is 0.504 e. The first-order valence-electron chi connectivity index (χ1n) is 11.4. The van der Waals surface area contributed by atoms with E-state index >= 15 is 0 Å². The smallest absolute Gasteiger partial charge is 0.165 e. The lowest BCUT2D eigenvalue weighted by molar-refractivity contribution is -0.261. The number of methoxy groups -OCH3 is 1. The topological polar surface area (TPSA) is 71.0 Å². The number of rotatable bonds is 2. The van der Waals surface area contributed by atoms with E-state index < -0.39 is 11.2 Å². The summed E-state index contributed by atoms with van der Waals surface area (Å²) in [5.41, 5.74) is 0.146. The Morgan fingerprint density at radius 1 is 1.20 bits per heavy atom. The van der Waals surface area contributed by atoms with Gasteiger partial charge in [-0.25, -0.2) is 0 Å². The van der Waals surface area contributed by atoms with Gasteiger partial charge >= 0.3 is 0 Å². The van der Waals surface area contributed by atoms with E-state index in [1.807, 2.05) is 6.92 Å². The van der Waals surface area contributed by atoms with Crippen LogP contribution in [-0.4, -0.2) is 47.2 Å². The molecule has 5 rings (SSSR count). The number of nitrogens with one attached hydrogen (secondary N) is 1. The first-order chi connectivity index (χ1) is 13.8. The van der Waals surface area contributed by atoms with Gasteiger partial charge in [-0.05, 0) is 62.1 Å². The van der Waals surface area contributed by atoms with Crippen LogP contribution in [0.25, 0.3) is 0 Å². The summed E-state index contributed by atoms with van der Waals surface area (Å²) in [5.74, 6) is 0.733. The molecule has 166 valence electrons. The summed E-state index contributed by atoms with van der Waals surface area (Å²) in [7, 11) is 1.75. The number of phenolic OH excluding ortho intramolecular Hbond substituents is 1. The maximum absolute atomic E-state index is 11.9.